The summed E-state index contributed by atoms with van der Waals surface area (Å²) >= 11 is 0. The molecule has 0 saturated carbocycles. The summed E-state index contributed by atoms with van der Waals surface area (Å²) in [6.07, 6.45) is 7.35. The Morgan fingerprint density at radius 3 is 1.50 bits per heavy atom. The highest BCUT2D eigenvalue weighted by atomic mass is 16.6. The van der Waals surface area contributed by atoms with Gasteiger partial charge < -0.3 is 0 Å². The van der Waals surface area contributed by atoms with Crippen molar-refractivity contribution in [1.29, 1.82) is 0 Å². The van der Waals surface area contributed by atoms with Crippen molar-refractivity contribution < 1.29 is 9.85 Å². The van der Waals surface area contributed by atoms with Crippen molar-refractivity contribution in [2.24, 2.45) is 0 Å². The lowest BCUT2D eigenvalue weighted by molar-refractivity contribution is -0.420. The van der Waals surface area contributed by atoms with Crippen molar-refractivity contribution in [1.82, 2.24) is 0 Å². The van der Waals surface area contributed by atoms with E-state index < -0.39 is 9.85 Å². The Balaban J connectivity index is 2.94. The van der Waals surface area contributed by atoms with Gasteiger partial charge in [0.05, 0.1) is 9.85 Å². The Kier molecular flexibility index (Phi) is 2.90. The summed E-state index contributed by atoms with van der Waals surface area (Å²) in [5.41, 5.74) is -0.222. The van der Waals surface area contributed by atoms with E-state index in [0.717, 1.165) is 0 Å². The lowest BCUT2D eigenvalue weighted by atomic mass is 10.2. The summed E-state index contributed by atoms with van der Waals surface area (Å²) in [5.74, 6) is 0. The maximum atomic E-state index is 10.3. The Morgan fingerprint density at radius 1 is 0.857 bits per heavy atom. The molecule has 14 heavy (non-hydrogen) atoms. The molecule has 1 aliphatic carbocycles. The van der Waals surface area contributed by atoms with Crippen LogP contribution in [0.15, 0.2) is 47.9 Å². The van der Waals surface area contributed by atoms with Gasteiger partial charge in [-0.2, -0.15) is 0 Å². The number of hydrogen-bond acceptors (Lipinski definition) is 4. The zero-order valence-corrected chi connectivity index (χ0v) is 6.99. The smallest absolute Gasteiger partial charge is 0.258 e. The average molecular weight is 194 g/mol. The lowest BCUT2D eigenvalue weighted by Crippen LogP contribution is -1.98. The second-order valence-corrected chi connectivity index (χ2v) is 2.42. The molecule has 0 unspecified atom stereocenters. The van der Waals surface area contributed by atoms with Gasteiger partial charge in [-0.15, -0.1) is 0 Å². The van der Waals surface area contributed by atoms with Crippen molar-refractivity contribution >= 4 is 0 Å². The molecule has 0 radical (unpaired) electrons. The highest BCUT2D eigenvalue weighted by molar-refractivity contribution is 5.29. The van der Waals surface area contributed by atoms with E-state index in [1.54, 1.807) is 0 Å². The van der Waals surface area contributed by atoms with Crippen LogP contribution in [0.5, 0.6) is 0 Å². The molecule has 0 atom stereocenters. The molecule has 1 rings (SSSR count). The summed E-state index contributed by atoms with van der Waals surface area (Å²) in [4.78, 5) is 19.5. The van der Waals surface area contributed by atoms with Crippen LogP contribution in [0.4, 0.5) is 0 Å². The molecule has 6 heteroatoms. The fraction of sp³-hybridized carbons (Fsp3) is 0. The molecule has 0 aliphatic heterocycles. The van der Waals surface area contributed by atoms with Gasteiger partial charge in [0.15, 0.2) is 0 Å². The van der Waals surface area contributed by atoms with E-state index in [9.17, 15) is 20.2 Å². The molecule has 0 bridgehead atoms. The van der Waals surface area contributed by atoms with Crippen molar-refractivity contribution in [3.05, 3.63) is 68.1 Å². The molecule has 0 aromatic heterocycles. The monoisotopic (exact) mass is 194 g/mol. The van der Waals surface area contributed by atoms with E-state index in [0.29, 0.717) is 0 Å². The van der Waals surface area contributed by atoms with Crippen LogP contribution in [-0.2, 0) is 0 Å². The topological polar surface area (TPSA) is 86.3 Å². The SMILES string of the molecule is O=[N+]([O-])C1=C/C=C\C([N+](=O)[O-])=C/C=C\1. The second kappa shape index (κ2) is 4.13. The molecule has 0 fully saturated rings. The molecule has 0 heterocycles. The Labute approximate surface area is 78.8 Å². The van der Waals surface area contributed by atoms with Gasteiger partial charge in [0.25, 0.3) is 11.4 Å². The highest BCUT2D eigenvalue weighted by Crippen LogP contribution is 2.06. The normalized spacial score (nSPS) is 27.1. The fourth-order valence-electron chi connectivity index (χ4n) is 0.845. The number of allylic oxidation sites excluding steroid dienone is 6. The van der Waals surface area contributed by atoms with E-state index in [4.69, 9.17) is 0 Å². The minimum absolute atomic E-state index is 0.111. The van der Waals surface area contributed by atoms with Crippen LogP contribution >= 0.6 is 0 Å². The molecule has 0 N–H and O–H groups in total. The van der Waals surface area contributed by atoms with Gasteiger partial charge >= 0.3 is 0 Å². The fourth-order valence-corrected chi connectivity index (χ4v) is 0.845. The van der Waals surface area contributed by atoms with Gasteiger partial charge in [-0.05, 0) is 12.2 Å². The zero-order chi connectivity index (χ0) is 10.6. The third kappa shape index (κ3) is 2.37. The molecular weight excluding hydrogens is 188 g/mol. The number of rotatable bonds is 2. The molecular formula is C8H6N2O4. The Hall–Kier alpha value is -2.24. The first-order valence-corrected chi connectivity index (χ1v) is 3.67. The van der Waals surface area contributed by atoms with Crippen LogP contribution < -0.4 is 0 Å². The first-order valence-electron chi connectivity index (χ1n) is 3.67. The molecule has 0 saturated heterocycles. The van der Waals surface area contributed by atoms with Gasteiger partial charge in [0, 0.05) is 24.3 Å². The van der Waals surface area contributed by atoms with Crippen LogP contribution in [0.25, 0.3) is 0 Å². The maximum absolute atomic E-state index is 10.3. The Morgan fingerprint density at radius 2 is 1.21 bits per heavy atom. The van der Waals surface area contributed by atoms with Crippen molar-refractivity contribution in [2.45, 2.75) is 0 Å². The van der Waals surface area contributed by atoms with Crippen molar-refractivity contribution in [3.8, 4) is 0 Å². The largest absolute Gasteiger partial charge is 0.269 e. The quantitative estimate of drug-likeness (QED) is 0.491. The number of nitro groups is 2. The molecule has 0 spiro atoms. The number of nitrogens with zero attached hydrogens (tertiary/aromatic N) is 2. The van der Waals surface area contributed by atoms with Gasteiger partial charge in [-0.3, -0.25) is 20.2 Å². The highest BCUT2D eigenvalue weighted by Gasteiger charge is 2.08. The van der Waals surface area contributed by atoms with Gasteiger partial charge in [-0.1, -0.05) is 0 Å². The molecule has 0 aromatic carbocycles. The molecule has 6 nitrogen and oxygen atoms in total. The van der Waals surface area contributed by atoms with E-state index in [2.05, 4.69) is 0 Å². The molecule has 1 aliphatic rings. The van der Waals surface area contributed by atoms with E-state index in [-0.39, 0.29) is 11.4 Å². The lowest BCUT2D eigenvalue weighted by Gasteiger charge is -1.92. The van der Waals surface area contributed by atoms with E-state index in [1.165, 1.54) is 36.5 Å². The summed E-state index contributed by atoms with van der Waals surface area (Å²) in [7, 11) is 0. The van der Waals surface area contributed by atoms with Crippen LogP contribution in [0, 0.1) is 20.2 Å². The summed E-state index contributed by atoms with van der Waals surface area (Å²) in [6, 6.07) is 0. The van der Waals surface area contributed by atoms with Crippen LogP contribution in [-0.4, -0.2) is 9.85 Å². The molecule has 72 valence electrons. The standard InChI is InChI=1S/C8H6N2O4/c11-9(12)7-3-1-4-8(10(13)14)6-2-5-7/h1-6H/b3-1-,4-1?,5-2?,6-2-,7-3?,7-5+,8-4+,8-6?. The summed E-state index contributed by atoms with van der Waals surface area (Å²) < 4.78 is 0. The first-order chi connectivity index (χ1) is 6.61. The van der Waals surface area contributed by atoms with Crippen LogP contribution in [0.3, 0.4) is 0 Å². The van der Waals surface area contributed by atoms with E-state index in [1.807, 2.05) is 0 Å². The van der Waals surface area contributed by atoms with Crippen LogP contribution in [0.2, 0.25) is 0 Å². The predicted molar refractivity (Wildman–Crippen MR) is 48.4 cm³/mol. The summed E-state index contributed by atoms with van der Waals surface area (Å²) in [5, 5.41) is 20.7. The van der Waals surface area contributed by atoms with E-state index >= 15 is 0 Å². The van der Waals surface area contributed by atoms with Crippen LogP contribution in [0.1, 0.15) is 0 Å². The predicted octanol–water partition coefficient (Wildman–Crippen LogP) is 1.43. The maximum Gasteiger partial charge on any atom is 0.269 e. The summed E-state index contributed by atoms with van der Waals surface area (Å²) in [6.45, 7) is 0. The Bertz CT molecular complexity index is 352. The number of hydrogen-bond donors (Lipinski definition) is 0. The second-order valence-electron chi connectivity index (χ2n) is 2.42. The first kappa shape index (κ1) is 9.85. The average Bonchev–Trinajstić information content (AvgIpc) is 2.01. The van der Waals surface area contributed by atoms with Crippen molar-refractivity contribution in [3.63, 3.8) is 0 Å². The molecule has 0 aromatic rings. The third-order valence-electron chi connectivity index (χ3n) is 1.49. The minimum Gasteiger partial charge on any atom is -0.258 e. The third-order valence-corrected chi connectivity index (χ3v) is 1.49. The zero-order valence-electron chi connectivity index (χ0n) is 6.99. The van der Waals surface area contributed by atoms with Gasteiger partial charge in [0.2, 0.25) is 0 Å². The molecule has 0 amide bonds. The van der Waals surface area contributed by atoms with Crippen molar-refractivity contribution in [2.75, 3.05) is 0 Å². The van der Waals surface area contributed by atoms with Gasteiger partial charge in [0.1, 0.15) is 0 Å². The minimum atomic E-state index is -0.564. The van der Waals surface area contributed by atoms with Gasteiger partial charge in [-0.25, -0.2) is 0 Å².